The van der Waals surface area contributed by atoms with Gasteiger partial charge in [0.05, 0.1) is 6.54 Å². The Labute approximate surface area is 147 Å². The van der Waals surface area contributed by atoms with E-state index in [9.17, 15) is 4.79 Å². The summed E-state index contributed by atoms with van der Waals surface area (Å²) in [5, 5.41) is 0. The number of hydrogen-bond acceptors (Lipinski definition) is 4. The maximum absolute atomic E-state index is 12.3. The topological polar surface area (TPSA) is 55.6 Å². The maximum Gasteiger partial charge on any atom is 0.410 e. The van der Waals surface area contributed by atoms with Crippen LogP contribution in [0.15, 0.2) is 30.3 Å². The van der Waals surface area contributed by atoms with Crippen LogP contribution in [0.1, 0.15) is 36.8 Å². The van der Waals surface area contributed by atoms with Crippen LogP contribution in [0.3, 0.4) is 0 Å². The second-order valence-corrected chi connectivity index (χ2v) is 8.14. The second kappa shape index (κ2) is 6.57. The molecule has 1 aliphatic rings. The maximum atomic E-state index is 12.3. The van der Waals surface area contributed by atoms with Gasteiger partial charge in [-0.25, -0.2) is 4.79 Å². The van der Waals surface area contributed by atoms with E-state index in [0.29, 0.717) is 19.6 Å². The van der Waals surface area contributed by atoms with E-state index >= 15 is 0 Å². The zero-order chi connectivity index (χ0) is 17.3. The van der Waals surface area contributed by atoms with Crippen molar-refractivity contribution in [3.05, 3.63) is 46.3 Å². The zero-order valence-electron chi connectivity index (χ0n) is 14.5. The molecule has 1 aliphatic heterocycles. The van der Waals surface area contributed by atoms with Gasteiger partial charge in [-0.2, -0.15) is 0 Å². The minimum atomic E-state index is -0.468. The minimum Gasteiger partial charge on any atom is -0.444 e. The molecule has 4 nitrogen and oxygen atoms in total. The molecule has 0 fully saturated rings. The van der Waals surface area contributed by atoms with E-state index in [4.69, 9.17) is 10.5 Å². The van der Waals surface area contributed by atoms with Crippen LogP contribution in [-0.2, 0) is 24.2 Å². The molecule has 0 radical (unpaired) electrons. The summed E-state index contributed by atoms with van der Waals surface area (Å²) in [7, 11) is 0. The highest BCUT2D eigenvalue weighted by Gasteiger charge is 2.29. The summed E-state index contributed by atoms with van der Waals surface area (Å²) < 4.78 is 5.51. The van der Waals surface area contributed by atoms with Crippen molar-refractivity contribution in [1.29, 1.82) is 0 Å². The average Bonchev–Trinajstić information content (AvgIpc) is 2.91. The molecule has 24 heavy (non-hydrogen) atoms. The molecule has 2 N–H and O–H groups in total. The molecule has 128 valence electrons. The number of fused-ring (bicyclic) bond motifs is 1. The number of thiophene rings is 1. The number of carbonyl (C=O) groups is 1. The summed E-state index contributed by atoms with van der Waals surface area (Å²) in [6.07, 6.45) is 0.599. The molecule has 0 bridgehead atoms. The summed E-state index contributed by atoms with van der Waals surface area (Å²) in [6.45, 7) is 7.50. The fourth-order valence-electron chi connectivity index (χ4n) is 2.99. The molecule has 1 aromatic heterocycles. The number of benzene rings is 1. The van der Waals surface area contributed by atoms with Crippen LogP contribution < -0.4 is 5.73 Å². The largest absolute Gasteiger partial charge is 0.444 e. The molecule has 0 saturated carbocycles. The molecule has 0 atom stereocenters. The van der Waals surface area contributed by atoms with Gasteiger partial charge < -0.3 is 15.4 Å². The monoisotopic (exact) mass is 344 g/mol. The number of nitrogens with zero attached hydrogens (tertiary/aromatic N) is 1. The third-order valence-electron chi connectivity index (χ3n) is 4.06. The van der Waals surface area contributed by atoms with E-state index in [1.807, 2.05) is 39.0 Å². The van der Waals surface area contributed by atoms with Crippen LogP contribution in [0.2, 0.25) is 0 Å². The van der Waals surface area contributed by atoms with E-state index in [0.717, 1.165) is 6.42 Å². The van der Waals surface area contributed by atoms with Gasteiger partial charge in [0, 0.05) is 22.8 Å². The Balaban J connectivity index is 1.88. The molecular weight excluding hydrogens is 320 g/mol. The van der Waals surface area contributed by atoms with Crippen molar-refractivity contribution in [2.45, 2.75) is 45.9 Å². The van der Waals surface area contributed by atoms with Crippen molar-refractivity contribution in [2.24, 2.45) is 5.73 Å². The first-order valence-corrected chi connectivity index (χ1v) is 9.07. The van der Waals surface area contributed by atoms with Gasteiger partial charge in [-0.3, -0.25) is 0 Å². The first-order chi connectivity index (χ1) is 11.4. The molecular formula is C19H24N2O2S. The lowest BCUT2D eigenvalue weighted by Crippen LogP contribution is -2.39. The molecule has 2 heterocycles. The van der Waals surface area contributed by atoms with Crippen LogP contribution in [0.4, 0.5) is 4.79 Å². The Kier molecular flexibility index (Phi) is 4.65. The predicted molar refractivity (Wildman–Crippen MR) is 98.0 cm³/mol. The van der Waals surface area contributed by atoms with Crippen molar-refractivity contribution in [2.75, 3.05) is 6.54 Å². The molecule has 0 aliphatic carbocycles. The third-order valence-corrected chi connectivity index (χ3v) is 5.37. The standard InChI is InChI=1S/C19H24N2O2S/c1-19(2,3)23-18(22)21-10-9-14-15(11-20)17(24-16(14)12-21)13-7-5-4-6-8-13/h4-8H,9-12,20H2,1-3H3. The molecule has 1 aromatic carbocycles. The fraction of sp³-hybridized carbons (Fsp3) is 0.421. The number of ether oxygens (including phenoxy) is 1. The molecule has 0 saturated heterocycles. The quantitative estimate of drug-likeness (QED) is 0.890. The molecule has 1 amide bonds. The minimum absolute atomic E-state index is 0.239. The lowest BCUT2D eigenvalue weighted by molar-refractivity contribution is 0.0226. The zero-order valence-corrected chi connectivity index (χ0v) is 15.3. The molecule has 2 aromatic rings. The van der Waals surface area contributed by atoms with E-state index in [1.165, 1.54) is 26.4 Å². The van der Waals surface area contributed by atoms with Crippen LogP contribution in [-0.4, -0.2) is 23.1 Å². The number of carbonyl (C=O) groups excluding carboxylic acids is 1. The lowest BCUT2D eigenvalue weighted by Gasteiger charge is -2.30. The van der Waals surface area contributed by atoms with Gasteiger partial charge >= 0.3 is 6.09 Å². The number of hydrogen-bond donors (Lipinski definition) is 1. The Hall–Kier alpha value is -1.85. The summed E-state index contributed by atoms with van der Waals surface area (Å²) in [5.41, 5.74) is 9.31. The first-order valence-electron chi connectivity index (χ1n) is 8.26. The SMILES string of the molecule is CC(C)(C)OC(=O)N1CCc2c(sc(-c3ccccc3)c2CN)C1. The first kappa shape index (κ1) is 17.0. The van der Waals surface area contributed by atoms with Crippen molar-refractivity contribution >= 4 is 17.4 Å². The Morgan fingerprint density at radius 3 is 2.62 bits per heavy atom. The van der Waals surface area contributed by atoms with Gasteiger partial charge in [0.1, 0.15) is 5.60 Å². The number of nitrogens with two attached hydrogens (primary N) is 1. The highest BCUT2D eigenvalue weighted by molar-refractivity contribution is 7.16. The van der Waals surface area contributed by atoms with Gasteiger partial charge in [-0.1, -0.05) is 30.3 Å². The average molecular weight is 344 g/mol. The van der Waals surface area contributed by atoms with Crippen molar-refractivity contribution in [1.82, 2.24) is 4.90 Å². The predicted octanol–water partition coefficient (Wildman–Crippen LogP) is 4.17. The Morgan fingerprint density at radius 1 is 1.29 bits per heavy atom. The van der Waals surface area contributed by atoms with Gasteiger partial charge in [0.2, 0.25) is 0 Å². The van der Waals surface area contributed by atoms with Gasteiger partial charge in [0.25, 0.3) is 0 Å². The van der Waals surface area contributed by atoms with Crippen molar-refractivity contribution in [3.63, 3.8) is 0 Å². The smallest absolute Gasteiger partial charge is 0.410 e. The Morgan fingerprint density at radius 2 is 2.00 bits per heavy atom. The molecule has 3 rings (SSSR count). The third kappa shape index (κ3) is 3.47. The molecule has 0 unspecified atom stereocenters. The van der Waals surface area contributed by atoms with E-state index < -0.39 is 5.60 Å². The van der Waals surface area contributed by atoms with E-state index in [1.54, 1.807) is 16.2 Å². The van der Waals surface area contributed by atoms with Gasteiger partial charge in [0.15, 0.2) is 0 Å². The normalized spacial score (nSPS) is 14.4. The number of amides is 1. The molecule has 5 heteroatoms. The summed E-state index contributed by atoms with van der Waals surface area (Å²) in [4.78, 5) is 16.6. The highest BCUT2D eigenvalue weighted by atomic mass is 32.1. The summed E-state index contributed by atoms with van der Waals surface area (Å²) in [5.74, 6) is 0. The van der Waals surface area contributed by atoms with Crippen molar-refractivity contribution in [3.8, 4) is 10.4 Å². The summed E-state index contributed by atoms with van der Waals surface area (Å²) >= 11 is 1.75. The number of rotatable bonds is 2. The van der Waals surface area contributed by atoms with Crippen LogP contribution in [0, 0.1) is 0 Å². The van der Waals surface area contributed by atoms with Crippen LogP contribution in [0.5, 0.6) is 0 Å². The van der Waals surface area contributed by atoms with E-state index in [2.05, 4.69) is 12.1 Å². The highest BCUT2D eigenvalue weighted by Crippen LogP contribution is 2.39. The van der Waals surface area contributed by atoms with Gasteiger partial charge in [-0.05, 0) is 43.9 Å². The van der Waals surface area contributed by atoms with Crippen molar-refractivity contribution < 1.29 is 9.53 Å². The second-order valence-electron chi connectivity index (χ2n) is 7.03. The molecule has 0 spiro atoms. The van der Waals surface area contributed by atoms with Crippen LogP contribution in [0.25, 0.3) is 10.4 Å². The van der Waals surface area contributed by atoms with E-state index in [-0.39, 0.29) is 6.09 Å². The summed E-state index contributed by atoms with van der Waals surface area (Å²) in [6, 6.07) is 10.3. The van der Waals surface area contributed by atoms with Gasteiger partial charge in [-0.15, -0.1) is 11.3 Å². The lowest BCUT2D eigenvalue weighted by atomic mass is 9.99. The van der Waals surface area contributed by atoms with Crippen LogP contribution >= 0.6 is 11.3 Å². The fourth-order valence-corrected chi connectivity index (χ4v) is 4.39. The Bertz CT molecular complexity index is 732.